The van der Waals surface area contributed by atoms with Gasteiger partial charge in [-0.25, -0.2) is 4.98 Å². The Morgan fingerprint density at radius 3 is 2.64 bits per heavy atom. The highest BCUT2D eigenvalue weighted by Crippen LogP contribution is 2.29. The van der Waals surface area contributed by atoms with Crippen molar-refractivity contribution in [3.63, 3.8) is 0 Å². The second-order valence-corrected chi connectivity index (χ2v) is 6.36. The van der Waals surface area contributed by atoms with Crippen molar-refractivity contribution in [1.82, 2.24) is 4.98 Å². The first kappa shape index (κ1) is 16.7. The number of carbonyl (C=O) groups is 1. The number of hydrogen-bond donors (Lipinski definition) is 1. The molecule has 1 N–H and O–H groups in total. The van der Waals surface area contributed by atoms with Gasteiger partial charge in [-0.05, 0) is 19.1 Å². The van der Waals surface area contributed by atoms with E-state index < -0.39 is 22.3 Å². The molecule has 126 valence electrons. The maximum Gasteiger partial charge on any atom is 0.306 e. The highest BCUT2D eigenvalue weighted by molar-refractivity contribution is 7.14. The van der Waals surface area contributed by atoms with E-state index in [-0.39, 0.29) is 5.69 Å². The van der Waals surface area contributed by atoms with Gasteiger partial charge >= 0.3 is 5.69 Å². The van der Waals surface area contributed by atoms with E-state index >= 15 is 0 Å². The average molecular weight is 357 g/mol. The average Bonchev–Trinajstić information content (AvgIpc) is 2.99. The fourth-order valence-corrected chi connectivity index (χ4v) is 3.13. The van der Waals surface area contributed by atoms with E-state index in [1.54, 1.807) is 6.92 Å². The normalized spacial score (nSPS) is 10.5. The number of nitrogens with one attached hydrogen (secondary N) is 1. The van der Waals surface area contributed by atoms with E-state index in [4.69, 9.17) is 0 Å². The molecule has 0 aliphatic heterocycles. The maximum absolute atomic E-state index is 13.4. The minimum atomic E-state index is -0.957. The summed E-state index contributed by atoms with van der Waals surface area (Å²) < 4.78 is 13.4. The van der Waals surface area contributed by atoms with Crippen LogP contribution in [-0.2, 0) is 0 Å². The number of nitro groups is 1. The van der Waals surface area contributed by atoms with Crippen molar-refractivity contribution < 1.29 is 14.1 Å². The number of aryl methyl sites for hydroxylation is 1. The molecule has 0 bridgehead atoms. The molecule has 0 atom stereocenters. The van der Waals surface area contributed by atoms with Crippen LogP contribution in [0.2, 0.25) is 0 Å². The van der Waals surface area contributed by atoms with Crippen LogP contribution in [0.4, 0.5) is 15.8 Å². The Balaban J connectivity index is 1.93. The van der Waals surface area contributed by atoms with Crippen molar-refractivity contribution in [3.8, 4) is 11.3 Å². The molecule has 25 heavy (non-hydrogen) atoms. The number of rotatable bonds is 4. The van der Waals surface area contributed by atoms with Crippen molar-refractivity contribution >= 4 is 28.6 Å². The van der Waals surface area contributed by atoms with Gasteiger partial charge in [-0.2, -0.15) is 4.39 Å². The van der Waals surface area contributed by atoms with Crippen LogP contribution < -0.4 is 5.32 Å². The van der Waals surface area contributed by atoms with Crippen molar-refractivity contribution in [3.05, 3.63) is 74.3 Å². The van der Waals surface area contributed by atoms with Crippen LogP contribution >= 0.6 is 11.3 Å². The summed E-state index contributed by atoms with van der Waals surface area (Å²) in [7, 11) is 0. The van der Waals surface area contributed by atoms with E-state index in [2.05, 4.69) is 10.3 Å². The number of nitro benzene ring substituents is 1. The molecule has 0 saturated heterocycles. The molecule has 0 saturated carbocycles. The van der Waals surface area contributed by atoms with Gasteiger partial charge in [0.05, 0.1) is 15.6 Å². The van der Waals surface area contributed by atoms with E-state index in [0.717, 1.165) is 17.7 Å². The molecule has 1 aromatic heterocycles. The van der Waals surface area contributed by atoms with E-state index in [1.807, 2.05) is 30.3 Å². The zero-order chi connectivity index (χ0) is 18.0. The smallest absolute Gasteiger partial charge is 0.306 e. The molecule has 1 amide bonds. The van der Waals surface area contributed by atoms with Crippen molar-refractivity contribution in [2.75, 3.05) is 5.32 Å². The summed E-state index contributed by atoms with van der Waals surface area (Å²) in [5, 5.41) is 14.1. The number of benzene rings is 2. The van der Waals surface area contributed by atoms with Gasteiger partial charge in [-0.3, -0.25) is 14.9 Å². The van der Waals surface area contributed by atoms with Crippen molar-refractivity contribution in [2.24, 2.45) is 0 Å². The van der Waals surface area contributed by atoms with Gasteiger partial charge in [0.2, 0.25) is 5.82 Å². The molecular formula is C17H12FN3O3S. The van der Waals surface area contributed by atoms with E-state index in [1.165, 1.54) is 17.4 Å². The predicted molar refractivity (Wildman–Crippen MR) is 93.3 cm³/mol. The molecule has 0 aliphatic rings. The fourth-order valence-electron chi connectivity index (χ4n) is 2.29. The Labute approximate surface area is 146 Å². The van der Waals surface area contributed by atoms with Crippen LogP contribution in [0.15, 0.2) is 48.5 Å². The monoisotopic (exact) mass is 357 g/mol. The zero-order valence-electron chi connectivity index (χ0n) is 13.0. The predicted octanol–water partition coefficient (Wildman–Crippen LogP) is 4.42. The third kappa shape index (κ3) is 3.53. The van der Waals surface area contributed by atoms with Gasteiger partial charge in [-0.15, -0.1) is 11.3 Å². The van der Waals surface area contributed by atoms with Gasteiger partial charge in [0, 0.05) is 17.3 Å². The van der Waals surface area contributed by atoms with E-state index in [0.29, 0.717) is 15.6 Å². The van der Waals surface area contributed by atoms with Crippen LogP contribution in [0, 0.1) is 22.9 Å². The number of hydrogen-bond acceptors (Lipinski definition) is 5. The molecule has 6 nitrogen and oxygen atoms in total. The molecule has 3 aromatic rings. The van der Waals surface area contributed by atoms with Crippen molar-refractivity contribution in [1.29, 1.82) is 0 Å². The fraction of sp³-hybridized carbons (Fsp3) is 0.0588. The minimum absolute atomic E-state index is 0.142. The van der Waals surface area contributed by atoms with Crippen LogP contribution in [-0.4, -0.2) is 15.8 Å². The first-order valence-corrected chi connectivity index (χ1v) is 8.05. The highest BCUT2D eigenvalue weighted by atomic mass is 32.1. The third-order valence-electron chi connectivity index (χ3n) is 3.39. The quantitative estimate of drug-likeness (QED) is 0.553. The lowest BCUT2D eigenvalue weighted by Gasteiger charge is -2.06. The number of halogens is 1. The van der Waals surface area contributed by atoms with E-state index in [9.17, 15) is 19.3 Å². The van der Waals surface area contributed by atoms with Gasteiger partial charge in [0.15, 0.2) is 0 Å². The Kier molecular flexibility index (Phi) is 4.53. The molecule has 0 aliphatic carbocycles. The first-order valence-electron chi connectivity index (χ1n) is 7.24. The molecule has 1 heterocycles. The molecule has 0 radical (unpaired) electrons. The number of aromatic nitrogens is 1. The van der Waals surface area contributed by atoms with Crippen LogP contribution in [0.3, 0.4) is 0 Å². The lowest BCUT2D eigenvalue weighted by atomic mass is 10.1. The third-order valence-corrected chi connectivity index (χ3v) is 4.36. The van der Waals surface area contributed by atoms with Gasteiger partial charge in [0.25, 0.3) is 5.91 Å². The highest BCUT2D eigenvalue weighted by Gasteiger charge is 2.20. The Hall–Kier alpha value is -3.13. The van der Waals surface area contributed by atoms with Crippen LogP contribution in [0.5, 0.6) is 0 Å². The van der Waals surface area contributed by atoms with Gasteiger partial charge in [-0.1, -0.05) is 30.3 Å². The molecule has 0 spiro atoms. The Morgan fingerprint density at radius 2 is 1.96 bits per heavy atom. The zero-order valence-corrected chi connectivity index (χ0v) is 13.8. The summed E-state index contributed by atoms with van der Waals surface area (Å²) in [4.78, 5) is 27.3. The minimum Gasteiger partial charge on any atom is -0.321 e. The standard InChI is InChI=1S/C17H12FN3O3S/c1-10-19-15(11-5-3-2-4-6-11)16(25-10)17(22)20-12-7-8-13(18)14(9-12)21(23)24/h2-9H,1H3,(H,20,22). The topological polar surface area (TPSA) is 85.1 Å². The van der Waals surface area contributed by atoms with Crippen LogP contribution in [0.25, 0.3) is 11.3 Å². The largest absolute Gasteiger partial charge is 0.321 e. The second kappa shape index (κ2) is 6.78. The number of nitrogens with zero attached hydrogens (tertiary/aromatic N) is 2. The van der Waals surface area contributed by atoms with Crippen molar-refractivity contribution in [2.45, 2.75) is 6.92 Å². The molecule has 8 heteroatoms. The molecule has 0 unspecified atom stereocenters. The maximum atomic E-state index is 13.4. The van der Waals surface area contributed by atoms with Gasteiger partial charge in [0.1, 0.15) is 4.88 Å². The summed E-state index contributed by atoms with van der Waals surface area (Å²) in [5.74, 6) is -1.41. The first-order chi connectivity index (χ1) is 12.0. The summed E-state index contributed by atoms with van der Waals surface area (Å²) in [6.07, 6.45) is 0. The summed E-state index contributed by atoms with van der Waals surface area (Å²) in [6, 6.07) is 12.4. The van der Waals surface area contributed by atoms with Crippen LogP contribution in [0.1, 0.15) is 14.7 Å². The number of thiazole rings is 1. The summed E-state index contributed by atoms with van der Waals surface area (Å²) in [6.45, 7) is 1.79. The van der Waals surface area contributed by atoms with Gasteiger partial charge < -0.3 is 5.32 Å². The molecular weight excluding hydrogens is 345 g/mol. The number of amides is 1. The second-order valence-electron chi connectivity index (χ2n) is 5.15. The molecule has 2 aromatic carbocycles. The number of anilines is 1. The summed E-state index contributed by atoms with van der Waals surface area (Å²) in [5.41, 5.74) is 0.782. The Bertz CT molecular complexity index is 957. The number of carbonyl (C=O) groups excluding carboxylic acids is 1. The SMILES string of the molecule is Cc1nc(-c2ccccc2)c(C(=O)Nc2ccc(F)c([N+](=O)[O-])c2)s1. The molecule has 0 fully saturated rings. The summed E-state index contributed by atoms with van der Waals surface area (Å²) >= 11 is 1.22. The Morgan fingerprint density at radius 1 is 1.24 bits per heavy atom. The molecule has 3 rings (SSSR count). The lowest BCUT2D eigenvalue weighted by Crippen LogP contribution is -2.12. The lowest BCUT2D eigenvalue weighted by molar-refractivity contribution is -0.387.